The number of anilines is 1. The molecule has 0 saturated carbocycles. The summed E-state index contributed by atoms with van der Waals surface area (Å²) in [7, 11) is -4.16. The molecule has 1 aliphatic rings. The minimum atomic E-state index is -4.16. The lowest BCUT2D eigenvalue weighted by molar-refractivity contribution is -0.112. The van der Waals surface area contributed by atoms with Gasteiger partial charge in [-0.15, -0.1) is 0 Å². The number of urea groups is 1. The first-order chi connectivity index (χ1) is 15.8. The summed E-state index contributed by atoms with van der Waals surface area (Å²) in [4.78, 5) is 38.5. The third-order valence-corrected chi connectivity index (χ3v) is 7.07. The van der Waals surface area contributed by atoms with Gasteiger partial charge in [0.25, 0.3) is 15.9 Å². The van der Waals surface area contributed by atoms with Gasteiger partial charge in [0.15, 0.2) is 0 Å². The number of para-hydroxylation sites is 1. The molecule has 0 aromatic heterocycles. The molecule has 0 aliphatic carbocycles. The lowest BCUT2D eigenvalue weighted by atomic mass is 9.85. The Balaban J connectivity index is 1.99. The van der Waals surface area contributed by atoms with Gasteiger partial charge in [-0.05, 0) is 42.7 Å². The number of hydrogen-bond donors (Lipinski definition) is 3. The van der Waals surface area contributed by atoms with Crippen molar-refractivity contribution in [3.63, 3.8) is 0 Å². The highest BCUT2D eigenvalue weighted by Gasteiger charge is 2.41. The van der Waals surface area contributed by atoms with Crippen LogP contribution in [0, 0.1) is 0 Å². The number of fused-ring (bicyclic) bond motifs is 1. The molecule has 0 saturated heterocycles. The standard InChI is InChI=1S/C23H28N4O5S/c1-3-5-13-24-22(30)26-33(31,32)18-10-8-9-17(14-18)23(4-2,15-28)27-16-25-21(29)19-11-6-7-12-20(19)27/h6-12,14-15H,3-5,13,16H2,1-2H3,(H,25,29)(H2,24,26,30). The maximum atomic E-state index is 12.8. The van der Waals surface area contributed by atoms with E-state index >= 15 is 0 Å². The number of aldehydes is 1. The van der Waals surface area contributed by atoms with Crippen molar-refractivity contribution in [1.82, 2.24) is 15.4 Å². The van der Waals surface area contributed by atoms with Crippen molar-refractivity contribution in [2.45, 2.75) is 43.5 Å². The first-order valence-corrected chi connectivity index (χ1v) is 12.3. The molecule has 10 heteroatoms. The molecule has 1 atom stereocenters. The Labute approximate surface area is 193 Å². The van der Waals surface area contributed by atoms with Gasteiger partial charge in [-0.3, -0.25) is 4.79 Å². The number of benzene rings is 2. The molecule has 3 amide bonds. The summed E-state index contributed by atoms with van der Waals surface area (Å²) in [5.41, 5.74) is 0.202. The minimum Gasteiger partial charge on any atom is -0.337 e. The molecule has 0 radical (unpaired) electrons. The van der Waals surface area contributed by atoms with Gasteiger partial charge in [0.05, 0.1) is 22.8 Å². The summed E-state index contributed by atoms with van der Waals surface area (Å²) in [6.07, 6.45) is 2.67. The minimum absolute atomic E-state index is 0.0808. The molecule has 176 valence electrons. The number of rotatable bonds is 9. The fraction of sp³-hybridized carbons (Fsp3) is 0.348. The van der Waals surface area contributed by atoms with Gasteiger partial charge in [-0.2, -0.15) is 0 Å². The number of carbonyl (C=O) groups excluding carboxylic acids is 3. The van der Waals surface area contributed by atoms with Crippen LogP contribution in [0.4, 0.5) is 10.5 Å². The van der Waals surface area contributed by atoms with Gasteiger partial charge >= 0.3 is 6.03 Å². The van der Waals surface area contributed by atoms with Crippen LogP contribution in [0.15, 0.2) is 53.4 Å². The van der Waals surface area contributed by atoms with Crippen molar-refractivity contribution in [3.8, 4) is 0 Å². The molecule has 0 spiro atoms. The zero-order valence-corrected chi connectivity index (χ0v) is 19.4. The highest BCUT2D eigenvalue weighted by Crippen LogP contribution is 2.38. The molecule has 0 fully saturated rings. The summed E-state index contributed by atoms with van der Waals surface area (Å²) >= 11 is 0. The summed E-state index contributed by atoms with van der Waals surface area (Å²) in [5.74, 6) is -0.243. The molecule has 1 aliphatic heterocycles. The molecule has 1 unspecified atom stereocenters. The Morgan fingerprint density at radius 3 is 2.64 bits per heavy atom. The first kappa shape index (κ1) is 24.2. The highest BCUT2D eigenvalue weighted by molar-refractivity contribution is 7.90. The summed E-state index contributed by atoms with van der Waals surface area (Å²) in [5, 5.41) is 5.28. The van der Waals surface area contributed by atoms with Crippen LogP contribution in [0.1, 0.15) is 49.0 Å². The summed E-state index contributed by atoms with van der Waals surface area (Å²) in [6.45, 7) is 4.22. The lowest BCUT2D eigenvalue weighted by Gasteiger charge is -2.44. The quantitative estimate of drug-likeness (QED) is 0.380. The Hall–Kier alpha value is -3.40. The van der Waals surface area contributed by atoms with E-state index in [1.54, 1.807) is 35.2 Å². The lowest BCUT2D eigenvalue weighted by Crippen LogP contribution is -2.55. The second kappa shape index (κ2) is 10.0. The van der Waals surface area contributed by atoms with Crippen LogP contribution >= 0.6 is 0 Å². The predicted molar refractivity (Wildman–Crippen MR) is 124 cm³/mol. The van der Waals surface area contributed by atoms with Gasteiger partial charge in [0.1, 0.15) is 11.8 Å². The van der Waals surface area contributed by atoms with Crippen LogP contribution in [0.25, 0.3) is 0 Å². The number of carbonyl (C=O) groups is 3. The van der Waals surface area contributed by atoms with Crippen molar-refractivity contribution in [2.24, 2.45) is 0 Å². The Morgan fingerprint density at radius 2 is 1.94 bits per heavy atom. The largest absolute Gasteiger partial charge is 0.337 e. The Bertz CT molecular complexity index is 1150. The fourth-order valence-corrected chi connectivity index (χ4v) is 4.86. The first-order valence-electron chi connectivity index (χ1n) is 10.8. The number of hydrogen-bond acceptors (Lipinski definition) is 6. The van der Waals surface area contributed by atoms with Gasteiger partial charge in [-0.1, -0.05) is 44.5 Å². The zero-order chi connectivity index (χ0) is 24.1. The summed E-state index contributed by atoms with van der Waals surface area (Å²) < 4.78 is 27.6. The van der Waals surface area contributed by atoms with E-state index in [0.717, 1.165) is 19.1 Å². The molecule has 2 aromatic rings. The predicted octanol–water partition coefficient (Wildman–Crippen LogP) is 2.49. The zero-order valence-electron chi connectivity index (χ0n) is 18.6. The van der Waals surface area contributed by atoms with E-state index in [0.29, 0.717) is 29.8 Å². The number of amides is 3. The van der Waals surface area contributed by atoms with Crippen molar-refractivity contribution in [1.29, 1.82) is 0 Å². The van der Waals surface area contributed by atoms with Crippen molar-refractivity contribution < 1.29 is 22.8 Å². The molecule has 9 nitrogen and oxygen atoms in total. The molecular formula is C23H28N4O5S. The molecule has 3 N–H and O–H groups in total. The third-order valence-electron chi connectivity index (χ3n) is 5.74. The monoisotopic (exact) mass is 472 g/mol. The molecule has 1 heterocycles. The van der Waals surface area contributed by atoms with Gasteiger partial charge in [0.2, 0.25) is 0 Å². The maximum absolute atomic E-state index is 12.8. The van der Waals surface area contributed by atoms with E-state index in [4.69, 9.17) is 0 Å². The van der Waals surface area contributed by atoms with E-state index < -0.39 is 21.6 Å². The second-order valence-corrected chi connectivity index (χ2v) is 9.43. The fourth-order valence-electron chi connectivity index (χ4n) is 3.88. The van der Waals surface area contributed by atoms with Crippen LogP contribution in [0.2, 0.25) is 0 Å². The van der Waals surface area contributed by atoms with Crippen LogP contribution in [-0.2, 0) is 20.4 Å². The summed E-state index contributed by atoms with van der Waals surface area (Å²) in [6, 6.07) is 12.1. The Kier molecular flexibility index (Phi) is 7.37. The highest BCUT2D eigenvalue weighted by atomic mass is 32.2. The van der Waals surface area contributed by atoms with E-state index in [1.807, 2.05) is 18.6 Å². The number of sulfonamides is 1. The third kappa shape index (κ3) is 4.85. The van der Waals surface area contributed by atoms with E-state index in [2.05, 4.69) is 10.6 Å². The van der Waals surface area contributed by atoms with Crippen LogP contribution < -0.4 is 20.3 Å². The number of nitrogens with zero attached hydrogens (tertiary/aromatic N) is 1. The second-order valence-electron chi connectivity index (χ2n) is 7.75. The van der Waals surface area contributed by atoms with Gasteiger partial charge in [0, 0.05) is 6.54 Å². The SMILES string of the molecule is CCCCNC(=O)NS(=O)(=O)c1cccc(C(C=O)(CC)N2CNC(=O)c3ccccc32)c1. The average molecular weight is 473 g/mol. The average Bonchev–Trinajstić information content (AvgIpc) is 2.82. The topological polar surface area (TPSA) is 125 Å². The van der Waals surface area contributed by atoms with E-state index in [1.165, 1.54) is 18.2 Å². The Morgan fingerprint density at radius 1 is 1.18 bits per heavy atom. The number of nitrogens with one attached hydrogen (secondary N) is 3. The van der Waals surface area contributed by atoms with Gasteiger partial charge < -0.3 is 20.3 Å². The smallest absolute Gasteiger partial charge is 0.328 e. The molecule has 0 bridgehead atoms. The van der Waals surface area contributed by atoms with Gasteiger partial charge in [-0.25, -0.2) is 17.9 Å². The number of unbranched alkanes of at least 4 members (excludes halogenated alkanes) is 1. The van der Waals surface area contributed by atoms with Crippen molar-refractivity contribution in [3.05, 3.63) is 59.7 Å². The molecule has 2 aromatic carbocycles. The molecule has 3 rings (SSSR count). The van der Waals surface area contributed by atoms with E-state index in [-0.39, 0.29) is 17.5 Å². The molecule has 33 heavy (non-hydrogen) atoms. The van der Waals surface area contributed by atoms with Crippen LogP contribution in [0.3, 0.4) is 0 Å². The maximum Gasteiger partial charge on any atom is 0.328 e. The van der Waals surface area contributed by atoms with E-state index in [9.17, 15) is 22.8 Å². The normalized spacial score (nSPS) is 15.1. The molecular weight excluding hydrogens is 444 g/mol. The van der Waals surface area contributed by atoms with Crippen LogP contribution in [0.5, 0.6) is 0 Å². The van der Waals surface area contributed by atoms with Crippen LogP contribution in [-0.4, -0.2) is 39.9 Å². The van der Waals surface area contributed by atoms with Crippen molar-refractivity contribution in [2.75, 3.05) is 18.1 Å². The van der Waals surface area contributed by atoms with Crippen molar-refractivity contribution >= 4 is 33.9 Å².